The molecule has 2 aromatic rings. The molecule has 0 aliphatic heterocycles. The Morgan fingerprint density at radius 1 is 1.12 bits per heavy atom. The van der Waals surface area contributed by atoms with Crippen LogP contribution in [0.2, 0.25) is 0 Å². The molecule has 0 bridgehead atoms. The van der Waals surface area contributed by atoms with Crippen molar-refractivity contribution in [2.24, 2.45) is 10.9 Å². The second kappa shape index (κ2) is 10.1. The molecule has 2 aromatic carbocycles. The standard InChI is InChI=1S/C18H21N3O4.ClH/c1-12(22)25-18(14-6-9-16(23-2)17(10-14)24-3)21-15-7-4-13(5-8-15)11-20-19;/h4-11,18,21H,19H2,1-3H3;1H. The van der Waals surface area contributed by atoms with E-state index in [-0.39, 0.29) is 12.4 Å². The fourth-order valence-corrected chi connectivity index (χ4v) is 2.27. The third-order valence-corrected chi connectivity index (χ3v) is 3.43. The topological polar surface area (TPSA) is 95.2 Å². The van der Waals surface area contributed by atoms with Crippen LogP contribution in [0.4, 0.5) is 5.69 Å². The van der Waals surface area contributed by atoms with Crippen LogP contribution in [0.25, 0.3) is 0 Å². The van der Waals surface area contributed by atoms with Crippen molar-refractivity contribution >= 4 is 30.3 Å². The van der Waals surface area contributed by atoms with Crippen molar-refractivity contribution in [3.63, 3.8) is 0 Å². The largest absolute Gasteiger partial charge is 0.493 e. The molecule has 1 atom stereocenters. The fraction of sp³-hybridized carbons (Fsp3) is 0.222. The third-order valence-electron chi connectivity index (χ3n) is 3.43. The Hall–Kier alpha value is -2.93. The summed E-state index contributed by atoms with van der Waals surface area (Å²) in [4.78, 5) is 11.5. The Morgan fingerprint density at radius 3 is 2.31 bits per heavy atom. The number of halogens is 1. The maximum Gasteiger partial charge on any atom is 0.304 e. The predicted molar refractivity (Wildman–Crippen MR) is 103 cm³/mol. The smallest absolute Gasteiger partial charge is 0.304 e. The summed E-state index contributed by atoms with van der Waals surface area (Å²) in [5.41, 5.74) is 2.36. The van der Waals surface area contributed by atoms with Crippen LogP contribution in [0.15, 0.2) is 47.6 Å². The van der Waals surface area contributed by atoms with Crippen LogP contribution >= 0.6 is 12.4 Å². The van der Waals surface area contributed by atoms with Gasteiger partial charge >= 0.3 is 5.97 Å². The third kappa shape index (κ3) is 5.56. The lowest BCUT2D eigenvalue weighted by atomic mass is 10.1. The number of carbonyl (C=O) groups excluding carboxylic acids is 1. The molecule has 140 valence electrons. The number of esters is 1. The van der Waals surface area contributed by atoms with Gasteiger partial charge in [0, 0.05) is 18.2 Å². The van der Waals surface area contributed by atoms with Crippen LogP contribution in [0.5, 0.6) is 11.5 Å². The molecule has 8 heteroatoms. The number of hydrogen-bond donors (Lipinski definition) is 2. The van der Waals surface area contributed by atoms with Gasteiger partial charge in [0.1, 0.15) is 0 Å². The number of anilines is 1. The molecule has 0 saturated heterocycles. The quantitative estimate of drug-likeness (QED) is 0.252. The number of nitrogens with two attached hydrogens (primary N) is 1. The number of carbonyl (C=O) groups is 1. The van der Waals surface area contributed by atoms with E-state index in [9.17, 15) is 4.79 Å². The zero-order valence-electron chi connectivity index (χ0n) is 14.8. The highest BCUT2D eigenvalue weighted by Crippen LogP contribution is 2.31. The van der Waals surface area contributed by atoms with Crippen molar-refractivity contribution in [1.29, 1.82) is 0 Å². The first-order valence-corrected chi connectivity index (χ1v) is 7.56. The Labute approximate surface area is 158 Å². The number of nitrogens with zero attached hydrogens (tertiary/aromatic N) is 1. The minimum absolute atomic E-state index is 0. The molecule has 0 saturated carbocycles. The molecule has 0 spiro atoms. The molecular formula is C18H22ClN3O4. The number of hydrogen-bond acceptors (Lipinski definition) is 7. The molecule has 26 heavy (non-hydrogen) atoms. The van der Waals surface area contributed by atoms with Gasteiger partial charge in [-0.3, -0.25) is 4.79 Å². The van der Waals surface area contributed by atoms with Gasteiger partial charge in [-0.25, -0.2) is 0 Å². The molecule has 0 amide bonds. The zero-order chi connectivity index (χ0) is 18.2. The number of nitrogens with one attached hydrogen (secondary N) is 1. The summed E-state index contributed by atoms with van der Waals surface area (Å²) < 4.78 is 15.9. The molecule has 0 heterocycles. The van der Waals surface area contributed by atoms with E-state index in [2.05, 4.69) is 10.4 Å². The van der Waals surface area contributed by atoms with Gasteiger partial charge in [-0.2, -0.15) is 5.10 Å². The lowest BCUT2D eigenvalue weighted by molar-refractivity contribution is -0.145. The molecule has 0 aliphatic carbocycles. The molecular weight excluding hydrogens is 358 g/mol. The van der Waals surface area contributed by atoms with Crippen molar-refractivity contribution in [1.82, 2.24) is 0 Å². The molecule has 7 nitrogen and oxygen atoms in total. The van der Waals surface area contributed by atoms with Gasteiger partial charge in [-0.1, -0.05) is 12.1 Å². The fourth-order valence-electron chi connectivity index (χ4n) is 2.27. The van der Waals surface area contributed by atoms with Gasteiger partial charge in [0.2, 0.25) is 0 Å². The van der Waals surface area contributed by atoms with Gasteiger partial charge < -0.3 is 25.4 Å². The van der Waals surface area contributed by atoms with E-state index in [0.717, 1.165) is 16.8 Å². The summed E-state index contributed by atoms with van der Waals surface area (Å²) in [6, 6.07) is 12.7. The van der Waals surface area contributed by atoms with Gasteiger partial charge in [0.25, 0.3) is 0 Å². The first-order valence-electron chi connectivity index (χ1n) is 7.56. The minimum Gasteiger partial charge on any atom is -0.493 e. The lowest BCUT2D eigenvalue weighted by Gasteiger charge is -2.21. The van der Waals surface area contributed by atoms with Gasteiger partial charge in [0.05, 0.1) is 20.4 Å². The number of ether oxygens (including phenoxy) is 3. The van der Waals surface area contributed by atoms with E-state index in [1.807, 2.05) is 24.3 Å². The van der Waals surface area contributed by atoms with Crippen LogP contribution in [0.3, 0.4) is 0 Å². The Balaban J connectivity index is 0.00000338. The minimum atomic E-state index is -0.675. The average molecular weight is 380 g/mol. The van der Waals surface area contributed by atoms with Gasteiger partial charge in [-0.15, -0.1) is 12.4 Å². The maximum absolute atomic E-state index is 11.5. The number of rotatable bonds is 7. The summed E-state index contributed by atoms with van der Waals surface area (Å²) >= 11 is 0. The second-order valence-electron chi connectivity index (χ2n) is 5.15. The Kier molecular flexibility index (Phi) is 8.24. The van der Waals surface area contributed by atoms with Crippen LogP contribution in [0, 0.1) is 0 Å². The van der Waals surface area contributed by atoms with E-state index in [0.29, 0.717) is 11.5 Å². The number of benzene rings is 2. The van der Waals surface area contributed by atoms with E-state index in [1.165, 1.54) is 6.92 Å². The second-order valence-corrected chi connectivity index (χ2v) is 5.15. The van der Waals surface area contributed by atoms with Crippen LogP contribution < -0.4 is 20.6 Å². The van der Waals surface area contributed by atoms with Crippen LogP contribution in [-0.2, 0) is 9.53 Å². The maximum atomic E-state index is 11.5. The predicted octanol–water partition coefficient (Wildman–Crippen LogP) is 3.09. The summed E-state index contributed by atoms with van der Waals surface area (Å²) in [6.45, 7) is 1.36. The van der Waals surface area contributed by atoms with Crippen LogP contribution in [-0.4, -0.2) is 26.4 Å². The van der Waals surface area contributed by atoms with E-state index < -0.39 is 12.2 Å². The molecule has 1 unspecified atom stereocenters. The van der Waals surface area contributed by atoms with Crippen molar-refractivity contribution < 1.29 is 19.0 Å². The molecule has 0 fully saturated rings. The molecule has 3 N–H and O–H groups in total. The molecule has 0 aliphatic rings. The average Bonchev–Trinajstić information content (AvgIpc) is 2.62. The van der Waals surface area contributed by atoms with Crippen LogP contribution in [0.1, 0.15) is 24.3 Å². The van der Waals surface area contributed by atoms with Gasteiger partial charge in [0.15, 0.2) is 17.7 Å². The van der Waals surface area contributed by atoms with Crippen molar-refractivity contribution in [3.8, 4) is 11.5 Å². The highest BCUT2D eigenvalue weighted by molar-refractivity contribution is 5.85. The van der Waals surface area contributed by atoms with E-state index in [1.54, 1.807) is 38.6 Å². The molecule has 0 radical (unpaired) electrons. The first-order chi connectivity index (χ1) is 12.1. The summed E-state index contributed by atoms with van der Waals surface area (Å²) in [5, 5.41) is 6.65. The SMILES string of the molecule is COc1ccc(C(Nc2ccc(C=NN)cc2)OC(C)=O)cc1OC.Cl. The highest BCUT2D eigenvalue weighted by Gasteiger charge is 2.17. The number of hydrazone groups is 1. The lowest BCUT2D eigenvalue weighted by Crippen LogP contribution is -2.17. The monoisotopic (exact) mass is 379 g/mol. The summed E-state index contributed by atoms with van der Waals surface area (Å²) in [5.74, 6) is 5.88. The van der Waals surface area contributed by atoms with Gasteiger partial charge in [-0.05, 0) is 35.9 Å². The van der Waals surface area contributed by atoms with Crippen molar-refractivity contribution in [3.05, 3.63) is 53.6 Å². The highest BCUT2D eigenvalue weighted by atomic mass is 35.5. The number of methoxy groups -OCH3 is 2. The molecule has 2 rings (SSSR count). The summed E-state index contributed by atoms with van der Waals surface area (Å²) in [6.07, 6.45) is 0.869. The molecule has 0 aromatic heterocycles. The van der Waals surface area contributed by atoms with E-state index >= 15 is 0 Å². The van der Waals surface area contributed by atoms with Crippen molar-refractivity contribution in [2.75, 3.05) is 19.5 Å². The normalized spacial score (nSPS) is 11.3. The van der Waals surface area contributed by atoms with Crippen molar-refractivity contribution in [2.45, 2.75) is 13.2 Å². The van der Waals surface area contributed by atoms with E-state index in [4.69, 9.17) is 20.1 Å². The Morgan fingerprint density at radius 2 is 1.77 bits per heavy atom. The zero-order valence-corrected chi connectivity index (χ0v) is 15.6. The summed E-state index contributed by atoms with van der Waals surface area (Å²) in [7, 11) is 3.11. The first kappa shape index (κ1) is 21.1. The Bertz CT molecular complexity index is 751.